The van der Waals surface area contributed by atoms with Gasteiger partial charge in [0.15, 0.2) is 11.6 Å². The zero-order chi connectivity index (χ0) is 15.9. The fourth-order valence-corrected chi connectivity index (χ4v) is 2.67. The van der Waals surface area contributed by atoms with Crippen LogP contribution in [-0.2, 0) is 4.79 Å². The highest BCUT2D eigenvalue weighted by molar-refractivity contribution is 5.85. The van der Waals surface area contributed by atoms with Crippen molar-refractivity contribution in [2.24, 2.45) is 5.92 Å². The Hall–Kier alpha value is -1.40. The summed E-state index contributed by atoms with van der Waals surface area (Å²) in [6, 6.07) is 3.19. The van der Waals surface area contributed by atoms with Gasteiger partial charge in [-0.05, 0) is 44.5 Å². The van der Waals surface area contributed by atoms with Gasteiger partial charge in [-0.25, -0.2) is 8.78 Å². The topological polar surface area (TPSA) is 41.6 Å². The van der Waals surface area contributed by atoms with Crippen LogP contribution in [-0.4, -0.2) is 44.1 Å². The molecule has 1 N–H and O–H groups in total. The van der Waals surface area contributed by atoms with E-state index in [0.29, 0.717) is 18.8 Å². The van der Waals surface area contributed by atoms with Crippen LogP contribution in [0.2, 0.25) is 0 Å². The van der Waals surface area contributed by atoms with Crippen molar-refractivity contribution in [2.45, 2.75) is 19.3 Å². The van der Waals surface area contributed by atoms with Crippen LogP contribution >= 0.6 is 12.4 Å². The van der Waals surface area contributed by atoms with Crippen LogP contribution in [0.1, 0.15) is 19.3 Å². The Morgan fingerprint density at radius 1 is 1.43 bits per heavy atom. The van der Waals surface area contributed by atoms with Crippen LogP contribution in [0.25, 0.3) is 0 Å². The number of carbonyl (C=O) groups excluding carboxylic acids is 1. The Balaban J connectivity index is 0.00000264. The van der Waals surface area contributed by atoms with Crippen LogP contribution in [0.15, 0.2) is 18.2 Å². The maximum absolute atomic E-state index is 13.4. The number of hydrogen-bond donors (Lipinski definition) is 1. The van der Waals surface area contributed by atoms with E-state index in [0.717, 1.165) is 38.2 Å². The van der Waals surface area contributed by atoms with Crippen molar-refractivity contribution in [1.82, 2.24) is 10.2 Å². The van der Waals surface area contributed by atoms with Crippen LogP contribution in [0.3, 0.4) is 0 Å². The van der Waals surface area contributed by atoms with Gasteiger partial charge in [0, 0.05) is 25.6 Å². The van der Waals surface area contributed by atoms with Gasteiger partial charge in [-0.1, -0.05) is 0 Å². The molecule has 1 aliphatic rings. The predicted octanol–water partition coefficient (Wildman–Crippen LogP) is 2.61. The lowest BCUT2D eigenvalue weighted by atomic mass is 10.1. The molecule has 1 unspecified atom stereocenters. The Labute approximate surface area is 141 Å². The predicted molar refractivity (Wildman–Crippen MR) is 86.9 cm³/mol. The fraction of sp³-hybridized carbons (Fsp3) is 0.562. The van der Waals surface area contributed by atoms with Gasteiger partial charge >= 0.3 is 0 Å². The Bertz CT molecular complexity index is 517. The summed E-state index contributed by atoms with van der Waals surface area (Å²) in [6.45, 7) is 2.77. The molecule has 1 aliphatic heterocycles. The van der Waals surface area contributed by atoms with Crippen molar-refractivity contribution >= 4 is 18.3 Å². The summed E-state index contributed by atoms with van der Waals surface area (Å²) in [6.07, 6.45) is 1.93. The van der Waals surface area contributed by atoms with E-state index in [4.69, 9.17) is 4.74 Å². The minimum Gasteiger partial charge on any atom is -0.491 e. The van der Waals surface area contributed by atoms with E-state index < -0.39 is 11.6 Å². The van der Waals surface area contributed by atoms with Gasteiger partial charge in [0.25, 0.3) is 0 Å². The number of nitrogens with zero attached hydrogens (tertiary/aromatic N) is 1. The molecule has 1 fully saturated rings. The monoisotopic (exact) mass is 348 g/mol. The van der Waals surface area contributed by atoms with Crippen LogP contribution in [0.5, 0.6) is 5.75 Å². The quantitative estimate of drug-likeness (QED) is 0.770. The van der Waals surface area contributed by atoms with E-state index in [1.165, 1.54) is 6.07 Å². The lowest BCUT2D eigenvalue weighted by Crippen LogP contribution is -2.30. The molecule has 2 rings (SSSR count). The summed E-state index contributed by atoms with van der Waals surface area (Å²) >= 11 is 0. The third kappa shape index (κ3) is 5.95. The van der Waals surface area contributed by atoms with Crippen molar-refractivity contribution in [2.75, 3.05) is 33.3 Å². The third-order valence-electron chi connectivity index (χ3n) is 3.82. The van der Waals surface area contributed by atoms with E-state index in [-0.39, 0.29) is 30.7 Å². The lowest BCUT2D eigenvalue weighted by molar-refractivity contribution is -0.130. The molecule has 1 saturated heterocycles. The molecule has 0 aromatic heterocycles. The van der Waals surface area contributed by atoms with Gasteiger partial charge in [0.1, 0.15) is 5.82 Å². The zero-order valence-electron chi connectivity index (χ0n) is 13.2. The fourth-order valence-electron chi connectivity index (χ4n) is 2.67. The molecule has 1 heterocycles. The average molecular weight is 349 g/mol. The Morgan fingerprint density at radius 3 is 2.91 bits per heavy atom. The van der Waals surface area contributed by atoms with Gasteiger partial charge < -0.3 is 15.0 Å². The smallest absolute Gasteiger partial charge is 0.222 e. The highest BCUT2D eigenvalue weighted by Gasteiger charge is 2.25. The average Bonchev–Trinajstić information content (AvgIpc) is 2.94. The number of carbonyl (C=O) groups is 1. The highest BCUT2D eigenvalue weighted by atomic mass is 35.5. The molecule has 0 radical (unpaired) electrons. The second-order valence-corrected chi connectivity index (χ2v) is 5.58. The van der Waals surface area contributed by atoms with Crippen molar-refractivity contribution in [3.8, 4) is 5.75 Å². The van der Waals surface area contributed by atoms with Crippen LogP contribution in [0.4, 0.5) is 8.78 Å². The Kier molecular flexibility index (Phi) is 8.26. The molecule has 1 amide bonds. The summed E-state index contributed by atoms with van der Waals surface area (Å²) < 4.78 is 31.3. The van der Waals surface area contributed by atoms with Gasteiger partial charge in [-0.2, -0.15) is 0 Å². The molecule has 0 spiro atoms. The normalized spacial score (nSPS) is 17.0. The van der Waals surface area contributed by atoms with E-state index in [1.54, 1.807) is 0 Å². The van der Waals surface area contributed by atoms with E-state index >= 15 is 0 Å². The zero-order valence-corrected chi connectivity index (χ0v) is 14.0. The number of benzene rings is 1. The van der Waals surface area contributed by atoms with E-state index in [9.17, 15) is 13.6 Å². The molecule has 130 valence electrons. The molecule has 0 bridgehead atoms. The summed E-state index contributed by atoms with van der Waals surface area (Å²) in [5, 5.41) is 3.13. The summed E-state index contributed by atoms with van der Waals surface area (Å²) in [5.74, 6) is -0.699. The molecular formula is C16H23ClF2N2O2. The summed E-state index contributed by atoms with van der Waals surface area (Å²) in [7, 11) is 1.91. The largest absolute Gasteiger partial charge is 0.491 e. The molecule has 0 saturated carbocycles. The number of likely N-dealkylation sites (tertiary alicyclic amines) is 1. The first-order valence-corrected chi connectivity index (χ1v) is 7.60. The second-order valence-electron chi connectivity index (χ2n) is 5.58. The number of ether oxygens (including phenoxy) is 1. The molecule has 7 heteroatoms. The number of hydrogen-bond acceptors (Lipinski definition) is 3. The van der Waals surface area contributed by atoms with Gasteiger partial charge in [-0.15, -0.1) is 12.4 Å². The maximum Gasteiger partial charge on any atom is 0.222 e. The first-order chi connectivity index (χ1) is 10.6. The van der Waals surface area contributed by atoms with Crippen molar-refractivity contribution in [3.63, 3.8) is 0 Å². The SMILES string of the molecule is CNCC1CCN(C(=O)CCCOc2ccc(F)cc2F)C1.Cl. The maximum atomic E-state index is 13.4. The molecule has 4 nitrogen and oxygen atoms in total. The van der Waals surface area contributed by atoms with Crippen molar-refractivity contribution < 1.29 is 18.3 Å². The van der Waals surface area contributed by atoms with Gasteiger partial charge in [-0.3, -0.25) is 4.79 Å². The first-order valence-electron chi connectivity index (χ1n) is 7.60. The van der Waals surface area contributed by atoms with Crippen LogP contribution < -0.4 is 10.1 Å². The summed E-state index contributed by atoms with van der Waals surface area (Å²) in [4.78, 5) is 13.9. The second kappa shape index (κ2) is 9.67. The molecule has 23 heavy (non-hydrogen) atoms. The van der Waals surface area contributed by atoms with Crippen LogP contribution in [0, 0.1) is 17.6 Å². The minimum atomic E-state index is -0.722. The van der Waals surface area contributed by atoms with Crippen molar-refractivity contribution in [3.05, 3.63) is 29.8 Å². The van der Waals surface area contributed by atoms with Gasteiger partial charge in [0.05, 0.1) is 6.61 Å². The Morgan fingerprint density at radius 2 is 2.22 bits per heavy atom. The number of halogens is 3. The highest BCUT2D eigenvalue weighted by Crippen LogP contribution is 2.19. The molecular weight excluding hydrogens is 326 g/mol. The molecule has 1 aromatic rings. The van der Waals surface area contributed by atoms with Gasteiger partial charge in [0.2, 0.25) is 5.91 Å². The minimum absolute atomic E-state index is 0. The molecule has 1 atom stereocenters. The number of nitrogens with one attached hydrogen (secondary N) is 1. The number of amides is 1. The standard InChI is InChI=1S/C16H22F2N2O2.ClH/c1-19-10-12-6-7-20(11-12)16(21)3-2-8-22-15-5-4-13(17)9-14(15)18;/h4-5,9,12,19H,2-3,6-8,10-11H2,1H3;1H. The van der Waals surface area contributed by atoms with E-state index in [1.807, 2.05) is 11.9 Å². The first kappa shape index (κ1) is 19.6. The molecule has 0 aliphatic carbocycles. The van der Waals surface area contributed by atoms with Crippen molar-refractivity contribution in [1.29, 1.82) is 0 Å². The third-order valence-corrected chi connectivity index (χ3v) is 3.82. The lowest BCUT2D eigenvalue weighted by Gasteiger charge is -2.16. The molecule has 1 aromatic carbocycles. The summed E-state index contributed by atoms with van der Waals surface area (Å²) in [5.41, 5.74) is 0. The van der Waals surface area contributed by atoms with E-state index in [2.05, 4.69) is 5.32 Å². The number of rotatable bonds is 7.